The molecule has 4 aromatic rings. The summed E-state index contributed by atoms with van der Waals surface area (Å²) in [7, 11) is 1.23. The number of carbonyl (C=O) groups is 1. The Morgan fingerprint density at radius 2 is 1.73 bits per heavy atom. The number of carbonyl (C=O) groups excluding carboxylic acids is 1. The molecule has 3 N–H and O–H groups in total. The van der Waals surface area contributed by atoms with Gasteiger partial charge in [-0.15, -0.1) is 0 Å². The molecule has 8 heteroatoms. The lowest BCUT2D eigenvalue weighted by molar-refractivity contribution is -0.140. The zero-order valence-electron chi connectivity index (χ0n) is 20.4. The number of phenolic OH excluding ortho intramolecular Hbond substituents is 3. The number of benzene rings is 3. The summed E-state index contributed by atoms with van der Waals surface area (Å²) in [6.07, 6.45) is -0.271. The van der Waals surface area contributed by atoms with Crippen molar-refractivity contribution < 1.29 is 34.0 Å². The molecular formula is C29H26O8. The summed E-state index contributed by atoms with van der Waals surface area (Å²) in [5, 5.41) is 31.8. The van der Waals surface area contributed by atoms with Gasteiger partial charge in [0.2, 0.25) is 5.75 Å². The average Bonchev–Trinajstić information content (AvgIpc) is 2.90. The monoisotopic (exact) mass is 502 g/mol. The third-order valence-electron chi connectivity index (χ3n) is 5.88. The van der Waals surface area contributed by atoms with Crippen LogP contribution >= 0.6 is 0 Å². The Kier molecular flexibility index (Phi) is 7.20. The van der Waals surface area contributed by atoms with Crippen molar-refractivity contribution in [1.82, 2.24) is 0 Å². The average molecular weight is 503 g/mol. The van der Waals surface area contributed by atoms with Crippen molar-refractivity contribution in [2.24, 2.45) is 0 Å². The normalized spacial score (nSPS) is 11.7. The smallest absolute Gasteiger partial charge is 0.306 e. The molecule has 4 rings (SSSR count). The van der Waals surface area contributed by atoms with Crippen molar-refractivity contribution in [1.29, 1.82) is 0 Å². The van der Waals surface area contributed by atoms with Gasteiger partial charge in [-0.1, -0.05) is 49.0 Å². The number of aromatic hydroxyl groups is 3. The van der Waals surface area contributed by atoms with Gasteiger partial charge in [0.1, 0.15) is 29.1 Å². The fourth-order valence-electron chi connectivity index (χ4n) is 4.11. The van der Waals surface area contributed by atoms with E-state index in [1.54, 1.807) is 54.6 Å². The summed E-state index contributed by atoms with van der Waals surface area (Å²) in [6, 6.07) is 16.8. The topological polar surface area (TPSA) is 126 Å². The Morgan fingerprint density at radius 3 is 2.41 bits per heavy atom. The van der Waals surface area contributed by atoms with E-state index in [-0.39, 0.29) is 35.3 Å². The molecule has 0 radical (unpaired) electrons. The number of fused-ring (bicyclic) bond motifs is 1. The molecule has 190 valence electrons. The summed E-state index contributed by atoms with van der Waals surface area (Å²) in [4.78, 5) is 25.6. The predicted octanol–water partition coefficient (Wildman–Crippen LogP) is 5.23. The van der Waals surface area contributed by atoms with E-state index >= 15 is 0 Å². The van der Waals surface area contributed by atoms with Gasteiger partial charge in [-0.25, -0.2) is 0 Å². The second-order valence-corrected chi connectivity index (χ2v) is 8.66. The molecule has 0 aliphatic heterocycles. The van der Waals surface area contributed by atoms with Crippen LogP contribution in [0.5, 0.6) is 23.0 Å². The number of ether oxygens (including phenoxy) is 2. The van der Waals surface area contributed by atoms with Crippen LogP contribution in [0.15, 0.2) is 82.0 Å². The maximum absolute atomic E-state index is 13.1. The van der Waals surface area contributed by atoms with Crippen molar-refractivity contribution in [3.63, 3.8) is 0 Å². The van der Waals surface area contributed by atoms with Gasteiger partial charge in [-0.05, 0) is 30.2 Å². The quantitative estimate of drug-likeness (QED) is 0.170. The van der Waals surface area contributed by atoms with E-state index < -0.39 is 34.6 Å². The van der Waals surface area contributed by atoms with E-state index in [1.807, 2.05) is 6.92 Å². The summed E-state index contributed by atoms with van der Waals surface area (Å²) in [5.41, 5.74) is 1.05. The van der Waals surface area contributed by atoms with Gasteiger partial charge in [0.25, 0.3) is 0 Å². The maximum Gasteiger partial charge on any atom is 0.306 e. The number of methoxy groups -OCH3 is 1. The van der Waals surface area contributed by atoms with E-state index in [1.165, 1.54) is 13.2 Å². The summed E-state index contributed by atoms with van der Waals surface area (Å²) in [6.45, 7) is 5.91. The first-order valence-corrected chi connectivity index (χ1v) is 11.4. The maximum atomic E-state index is 13.1. The van der Waals surface area contributed by atoms with E-state index in [2.05, 4.69) is 6.58 Å². The molecule has 1 atom stereocenters. The van der Waals surface area contributed by atoms with Gasteiger partial charge in [0, 0.05) is 23.1 Å². The van der Waals surface area contributed by atoms with Crippen LogP contribution in [0.3, 0.4) is 0 Å². The molecule has 37 heavy (non-hydrogen) atoms. The Labute approximate surface area is 212 Å². The molecule has 0 unspecified atom stereocenters. The van der Waals surface area contributed by atoms with Gasteiger partial charge in [0.15, 0.2) is 16.9 Å². The summed E-state index contributed by atoms with van der Waals surface area (Å²) < 4.78 is 16.7. The molecule has 0 aliphatic rings. The summed E-state index contributed by atoms with van der Waals surface area (Å²) >= 11 is 0. The van der Waals surface area contributed by atoms with E-state index in [0.29, 0.717) is 16.9 Å². The van der Waals surface area contributed by atoms with Gasteiger partial charge in [0.05, 0.1) is 13.5 Å². The minimum absolute atomic E-state index is 0.0531. The molecule has 1 heterocycles. The van der Waals surface area contributed by atoms with Crippen molar-refractivity contribution in [3.05, 3.63) is 94.2 Å². The highest BCUT2D eigenvalue weighted by Crippen LogP contribution is 2.49. The van der Waals surface area contributed by atoms with E-state index in [0.717, 1.165) is 5.57 Å². The molecule has 0 amide bonds. The molecule has 0 saturated carbocycles. The third kappa shape index (κ3) is 5.13. The van der Waals surface area contributed by atoms with Gasteiger partial charge in [-0.3, -0.25) is 9.59 Å². The van der Waals surface area contributed by atoms with Crippen molar-refractivity contribution in [2.75, 3.05) is 13.7 Å². The van der Waals surface area contributed by atoms with E-state index in [4.69, 9.17) is 13.9 Å². The predicted molar refractivity (Wildman–Crippen MR) is 138 cm³/mol. The highest BCUT2D eigenvalue weighted by molar-refractivity contribution is 5.93. The molecule has 1 aromatic heterocycles. The Bertz CT molecular complexity index is 1540. The molecule has 0 fully saturated rings. The van der Waals surface area contributed by atoms with Crippen molar-refractivity contribution in [2.45, 2.75) is 19.3 Å². The van der Waals surface area contributed by atoms with Gasteiger partial charge < -0.3 is 29.2 Å². The van der Waals surface area contributed by atoms with Crippen LogP contribution in [-0.4, -0.2) is 35.0 Å². The summed E-state index contributed by atoms with van der Waals surface area (Å²) in [5.74, 6) is -3.33. The molecule has 3 aromatic carbocycles. The fraction of sp³-hybridized carbons (Fsp3) is 0.172. The first-order chi connectivity index (χ1) is 17.7. The zero-order chi connectivity index (χ0) is 26.7. The van der Waals surface area contributed by atoms with Crippen LogP contribution in [-0.2, 0) is 9.53 Å². The lowest BCUT2D eigenvalue weighted by Gasteiger charge is -2.21. The van der Waals surface area contributed by atoms with Crippen LogP contribution in [0.2, 0.25) is 0 Å². The molecule has 0 spiro atoms. The second-order valence-electron chi connectivity index (χ2n) is 8.66. The van der Waals surface area contributed by atoms with Gasteiger partial charge in [-0.2, -0.15) is 0 Å². The minimum Gasteiger partial charge on any atom is -0.504 e. The third-order valence-corrected chi connectivity index (χ3v) is 5.88. The van der Waals surface area contributed by atoms with Crippen LogP contribution in [0.1, 0.15) is 30.4 Å². The molecule has 8 nitrogen and oxygen atoms in total. The van der Waals surface area contributed by atoms with Crippen LogP contribution < -0.4 is 10.2 Å². The van der Waals surface area contributed by atoms with Crippen molar-refractivity contribution in [3.8, 4) is 34.3 Å². The molecular weight excluding hydrogens is 476 g/mol. The zero-order valence-corrected chi connectivity index (χ0v) is 20.4. The number of phenols is 3. The number of hydrogen-bond acceptors (Lipinski definition) is 8. The number of rotatable bonds is 8. The van der Waals surface area contributed by atoms with Crippen LogP contribution in [0.4, 0.5) is 0 Å². The highest BCUT2D eigenvalue weighted by atomic mass is 16.5. The minimum atomic E-state index is -0.941. The highest BCUT2D eigenvalue weighted by Gasteiger charge is 2.31. The Balaban J connectivity index is 2.01. The first-order valence-electron chi connectivity index (χ1n) is 11.4. The van der Waals surface area contributed by atoms with Crippen LogP contribution in [0.25, 0.3) is 22.3 Å². The standard InChI is InChI=1S/C29H26O8/c1-16(2)15-36-19-11-7-10-18(12-19)20(13-23(31)35-3)24-26(32)28(34)27(33)25-21(30)14-22(37-29(24)25)17-8-5-4-6-9-17/h4-12,14,20,32-34H,1,13,15H2,2-3H3/t20-/m1/s1. The lowest BCUT2D eigenvalue weighted by Crippen LogP contribution is -2.13. The number of hydrogen-bond donors (Lipinski definition) is 3. The SMILES string of the molecule is C=C(C)COc1cccc([C@@H](CC(=O)OC)c2c(O)c(O)c(O)c3c(=O)cc(-c4ccccc4)oc23)c1. The largest absolute Gasteiger partial charge is 0.504 e. The molecule has 0 saturated heterocycles. The lowest BCUT2D eigenvalue weighted by atomic mass is 9.86. The second kappa shape index (κ2) is 10.5. The van der Waals surface area contributed by atoms with Crippen LogP contribution in [0, 0.1) is 0 Å². The Hall–Kier alpha value is -4.72. The van der Waals surface area contributed by atoms with Crippen molar-refractivity contribution >= 4 is 16.9 Å². The Morgan fingerprint density at radius 1 is 1.00 bits per heavy atom. The first kappa shape index (κ1) is 25.4. The van der Waals surface area contributed by atoms with Gasteiger partial charge >= 0.3 is 5.97 Å². The fourth-order valence-corrected chi connectivity index (χ4v) is 4.11. The molecule has 0 bridgehead atoms. The number of esters is 1. The molecule has 0 aliphatic carbocycles. The van der Waals surface area contributed by atoms with E-state index in [9.17, 15) is 24.9 Å².